The molecule has 0 bridgehead atoms. The Morgan fingerprint density at radius 1 is 0.528 bits per heavy atom. The van der Waals surface area contributed by atoms with Gasteiger partial charge >= 0.3 is 48.4 Å². The molecule has 0 unspecified atom stereocenters. The number of aromatic hydroxyl groups is 1. The van der Waals surface area contributed by atoms with E-state index in [1.807, 2.05) is 0 Å². The monoisotopic (exact) mass is 1820 g/mol. The molecule has 1 aliphatic heterocycles. The number of benzene rings is 3. The van der Waals surface area contributed by atoms with E-state index in [0.29, 0.717) is 53.5 Å². The molecular formula is C76H104F9N19O23. The summed E-state index contributed by atoms with van der Waals surface area (Å²) in [5.74, 6) is -20.9. The number of aliphatic imine (C=N–C) groups is 1. The molecule has 0 aliphatic carbocycles. The van der Waals surface area contributed by atoms with E-state index in [2.05, 4.69) is 68.5 Å². The van der Waals surface area contributed by atoms with Crippen LogP contribution in [0.3, 0.4) is 0 Å². The number of aliphatic carboxylic acids is 4. The van der Waals surface area contributed by atoms with Crippen molar-refractivity contribution < 1.29 is 152 Å². The molecule has 2 heterocycles. The number of aromatic amines is 1. The molecule has 0 spiro atoms. The highest BCUT2D eigenvalue weighted by atomic mass is 19.4. The summed E-state index contributed by atoms with van der Waals surface area (Å²) in [6.07, 6.45) is -14.1. The quantitative estimate of drug-likeness (QED) is 0.0102. The normalized spacial score (nSPS) is 14.9. The molecule has 127 heavy (non-hydrogen) atoms. The number of amides is 14. The predicted octanol–water partition coefficient (Wildman–Crippen LogP) is -1.69. The third kappa shape index (κ3) is 41.7. The zero-order valence-electron chi connectivity index (χ0n) is 68.8. The van der Waals surface area contributed by atoms with E-state index >= 15 is 0 Å². The molecule has 28 N–H and O–H groups in total. The van der Waals surface area contributed by atoms with Crippen molar-refractivity contribution in [2.24, 2.45) is 39.6 Å². The molecule has 1 fully saturated rings. The number of para-hydroxylation sites is 1. The fourth-order valence-electron chi connectivity index (χ4n) is 11.4. The molecule has 1 saturated heterocycles. The van der Waals surface area contributed by atoms with E-state index in [0.717, 1.165) is 0 Å². The summed E-state index contributed by atoms with van der Waals surface area (Å²) in [6, 6.07) is 5.01. The third-order valence-corrected chi connectivity index (χ3v) is 17.9. The van der Waals surface area contributed by atoms with Crippen molar-refractivity contribution in [2.45, 2.75) is 203 Å². The maximum absolute atomic E-state index is 14.5. The predicted molar refractivity (Wildman–Crippen MR) is 428 cm³/mol. The second-order valence-electron chi connectivity index (χ2n) is 28.7. The molecule has 0 saturated carbocycles. The number of phenolic OH excluding ortho intramolecular Hbond substituents is 1. The van der Waals surface area contributed by atoms with Crippen LogP contribution in [0.5, 0.6) is 5.75 Å². The molecule has 1 aromatic heterocycles. The zero-order valence-corrected chi connectivity index (χ0v) is 68.8. The Hall–Kier alpha value is -13.5. The smallest absolute Gasteiger partial charge is 0.490 e. The number of alkyl halides is 9. The van der Waals surface area contributed by atoms with Gasteiger partial charge in [-0.05, 0) is 119 Å². The zero-order chi connectivity index (χ0) is 96.4. The number of aromatic nitrogens is 1. The number of urea groups is 1. The highest BCUT2D eigenvalue weighted by molar-refractivity contribution is 6.00. The van der Waals surface area contributed by atoms with Crippen LogP contribution in [0.1, 0.15) is 115 Å². The number of nitrogens with zero attached hydrogens (tertiary/aromatic N) is 2. The van der Waals surface area contributed by atoms with E-state index in [-0.39, 0.29) is 94.9 Å². The van der Waals surface area contributed by atoms with Gasteiger partial charge in [-0.3, -0.25) is 72.6 Å². The largest absolute Gasteiger partial charge is 0.508 e. The van der Waals surface area contributed by atoms with Crippen molar-refractivity contribution in [3.05, 3.63) is 102 Å². The van der Waals surface area contributed by atoms with Crippen LogP contribution in [-0.2, 0) is 96.0 Å². The number of hydrogen-bond donors (Lipinski definition) is 23. The second-order valence-corrected chi connectivity index (χ2v) is 28.7. The van der Waals surface area contributed by atoms with Gasteiger partial charge in [-0.2, -0.15) is 39.5 Å². The lowest BCUT2D eigenvalue weighted by Gasteiger charge is -2.30. The SMILES string of the molecule is CC(C)C[C@H](NC(=O)[C@H](CO)NC(=O)[C@H](Cc1c[nH]c2ccccc12)NC(=O)[C@H](Cc1ccc(O)cc1)NC(=O)[C@@H](N)CCC(=O)O)C(=O)N[C@@H](C)C(=O)N[C@@H](C)C(=O)N1CCC[C@H]1C(=O)N[C@@H](CCC(N)=O)C(=O)N[C@@H](CCCN=C(N)NC(=O)NCCCCN)C(=O)N[C@@H](Cc1ccccc1)C(N)=O.O=C(O)C(F)(F)F.O=C(O)C(F)(F)F.O=C(O)C(F)(F)F. The minimum atomic E-state index is -5.08. The number of rotatable bonds is 43. The van der Waals surface area contributed by atoms with Crippen molar-refractivity contribution in [2.75, 3.05) is 32.8 Å². The van der Waals surface area contributed by atoms with Crippen LogP contribution in [0, 0.1) is 5.92 Å². The number of primary amides is 2. The van der Waals surface area contributed by atoms with Crippen LogP contribution >= 0.6 is 0 Å². The number of nitrogens with two attached hydrogens (primary N) is 5. The van der Waals surface area contributed by atoms with Crippen LogP contribution in [0.4, 0.5) is 44.3 Å². The van der Waals surface area contributed by atoms with Crippen LogP contribution < -0.4 is 87.2 Å². The highest BCUT2D eigenvalue weighted by Crippen LogP contribution is 2.23. The summed E-state index contributed by atoms with van der Waals surface area (Å²) in [7, 11) is 0. The number of fused-ring (bicyclic) bond motifs is 1. The minimum Gasteiger partial charge on any atom is -0.508 e. The Kier molecular flexibility index (Phi) is 46.3. The maximum Gasteiger partial charge on any atom is 0.490 e. The van der Waals surface area contributed by atoms with Crippen LogP contribution in [0.25, 0.3) is 10.9 Å². The maximum atomic E-state index is 14.5. The summed E-state index contributed by atoms with van der Waals surface area (Å²) in [4.78, 5) is 224. The van der Waals surface area contributed by atoms with Gasteiger partial charge in [0.2, 0.25) is 70.9 Å². The topological polar surface area (TPSA) is 705 Å². The average Bonchev–Trinajstić information content (AvgIpc) is 1.58. The molecule has 3 aromatic carbocycles. The summed E-state index contributed by atoms with van der Waals surface area (Å²) >= 11 is 0. The number of likely N-dealkylation sites (tertiary alicyclic amines) is 1. The molecule has 14 amide bonds. The van der Waals surface area contributed by atoms with Gasteiger partial charge < -0.3 is 122 Å². The fourth-order valence-corrected chi connectivity index (χ4v) is 11.4. The van der Waals surface area contributed by atoms with Crippen molar-refractivity contribution in [3.8, 4) is 5.75 Å². The molecule has 4 aromatic rings. The molecule has 0 radical (unpaired) electrons. The van der Waals surface area contributed by atoms with Crippen LogP contribution in [-0.4, -0.2) is 265 Å². The molecule has 11 atom stereocenters. The van der Waals surface area contributed by atoms with E-state index in [1.54, 1.807) is 74.6 Å². The van der Waals surface area contributed by atoms with Crippen LogP contribution in [0.2, 0.25) is 0 Å². The number of nitrogens with one attached hydrogen (secondary N) is 12. The second kappa shape index (κ2) is 53.6. The lowest BCUT2D eigenvalue weighted by atomic mass is 10.0. The van der Waals surface area contributed by atoms with Crippen LogP contribution in [0.15, 0.2) is 90.1 Å². The summed E-state index contributed by atoms with van der Waals surface area (Å²) in [6.45, 7) is 5.77. The molecule has 42 nitrogen and oxygen atoms in total. The molecular weight excluding hydrogens is 1720 g/mol. The van der Waals surface area contributed by atoms with Gasteiger partial charge in [0.15, 0.2) is 5.96 Å². The summed E-state index contributed by atoms with van der Waals surface area (Å²) in [5.41, 5.74) is 30.9. The Labute approximate surface area is 717 Å². The summed E-state index contributed by atoms with van der Waals surface area (Å²) in [5, 5.41) is 79.8. The minimum absolute atomic E-state index is 0.0116. The van der Waals surface area contributed by atoms with Gasteiger partial charge in [0.1, 0.15) is 66.2 Å². The Morgan fingerprint density at radius 3 is 1.54 bits per heavy atom. The lowest BCUT2D eigenvalue weighted by Crippen LogP contribution is -2.61. The average molecular weight is 1820 g/mol. The van der Waals surface area contributed by atoms with Crippen molar-refractivity contribution in [1.82, 2.24) is 68.4 Å². The number of carboxylic acid groups (broad SMARTS) is 4. The number of H-pyrrole nitrogens is 1. The first-order valence-corrected chi connectivity index (χ1v) is 38.7. The van der Waals surface area contributed by atoms with Gasteiger partial charge in [0.25, 0.3) is 0 Å². The van der Waals surface area contributed by atoms with E-state index in [1.165, 1.54) is 43.0 Å². The van der Waals surface area contributed by atoms with Gasteiger partial charge in [-0.15, -0.1) is 0 Å². The van der Waals surface area contributed by atoms with Crippen molar-refractivity contribution >= 4 is 118 Å². The van der Waals surface area contributed by atoms with Crippen molar-refractivity contribution in [3.63, 3.8) is 0 Å². The number of phenols is 1. The molecule has 704 valence electrons. The van der Waals surface area contributed by atoms with Gasteiger partial charge in [0, 0.05) is 68.8 Å². The van der Waals surface area contributed by atoms with Crippen molar-refractivity contribution in [1.29, 1.82) is 0 Å². The first-order valence-electron chi connectivity index (χ1n) is 38.7. The first-order chi connectivity index (χ1) is 59.2. The number of unbranched alkanes of at least 4 members (excludes halogenated alkanes) is 1. The number of carboxylic acids is 4. The molecule has 51 heteroatoms. The third-order valence-electron chi connectivity index (χ3n) is 17.9. The first kappa shape index (κ1) is 110. The summed E-state index contributed by atoms with van der Waals surface area (Å²) < 4.78 is 95.2. The van der Waals surface area contributed by atoms with E-state index in [4.69, 9.17) is 58.4 Å². The standard InChI is InChI=1S/C70H101N19O17.3C2HF3O2/c1-38(2)32-51(85-66(103)54(37-90)87-65(102)53(35-43-36-78-47-17-9-8-16-45(43)47)86-64(101)52(34-42-20-22-44(91)23-21-42)84-60(97)46(72)24-27-57(93)94)63(100)79-39(3)59(96)80-40(4)68(105)89-31-13-19-55(89)67(104)82-49(25-26-56(73)92)62(99)81-48(18-12-30-76-69(75)88-70(106)77-29-11-10-28-71)61(98)83-50(58(74)95)33-41-14-6-5-7-15-41;3*3-2(4,5)1(6)7/h5-9,14-17,20-23,36,38-40,46,48-55,78,90-91H,10-13,18-19,24-35,37,71-72H2,1-4H3,(H2,73,92)(H2,74,95)(H,79,100)(H,80,96)(H,81,99)(H,82,104)(H,83,98)(H,84,97)(H,85,103)(H,86,101)(H,87,102)(H,93,94)(H4,75,76,77,88,106);3*(H,6,7)/t39-,40-,46-,48-,49-,50-,51-,52-,53-,54-,55-;;;/m0.../s1. The van der Waals surface area contributed by atoms with Gasteiger partial charge in [-0.25, -0.2) is 19.2 Å². The van der Waals surface area contributed by atoms with E-state index < -0.39 is 205 Å². The molecule has 1 aliphatic rings. The Bertz CT molecular complexity index is 4370. The fraction of sp³-hybridized carbons (Fsp3) is 0.500. The number of hydrogen-bond acceptors (Lipinski definition) is 22. The Balaban J connectivity index is 0.00000230. The van der Waals surface area contributed by atoms with E-state index in [9.17, 15) is 122 Å². The Morgan fingerprint density at radius 2 is 1.00 bits per heavy atom. The lowest BCUT2D eigenvalue weighted by molar-refractivity contribution is -0.193. The van der Waals surface area contributed by atoms with Gasteiger partial charge in [-0.1, -0.05) is 74.5 Å². The number of aliphatic hydroxyl groups excluding tert-OH is 1. The number of carbonyl (C=O) groups excluding carboxylic acids is 13. The number of aliphatic hydroxyl groups is 1. The molecule has 5 rings (SSSR count). The number of carbonyl (C=O) groups is 17. The number of guanidine groups is 1. The van der Waals surface area contributed by atoms with Gasteiger partial charge in [0.05, 0.1) is 12.6 Å². The number of halogens is 9. The highest BCUT2D eigenvalue weighted by Gasteiger charge is 2.43.